The number of thiazole rings is 1. The van der Waals surface area contributed by atoms with Crippen molar-refractivity contribution in [3.63, 3.8) is 0 Å². The summed E-state index contributed by atoms with van der Waals surface area (Å²) in [7, 11) is 0. The molecule has 180 valence electrons. The molecule has 0 radical (unpaired) electrons. The molecule has 1 heterocycles. The van der Waals surface area contributed by atoms with E-state index in [1.807, 2.05) is 35.2 Å². The van der Waals surface area contributed by atoms with Crippen LogP contribution in [0.1, 0.15) is 52.9 Å². The highest BCUT2D eigenvalue weighted by molar-refractivity contribution is 8.03. The molecule has 2 amide bonds. The molecule has 0 unspecified atom stereocenters. The Morgan fingerprint density at radius 1 is 1.24 bits per heavy atom. The Morgan fingerprint density at radius 2 is 1.94 bits per heavy atom. The Morgan fingerprint density at radius 3 is 2.61 bits per heavy atom. The van der Waals surface area contributed by atoms with Crippen molar-refractivity contribution in [2.45, 2.75) is 67.9 Å². The number of ether oxygens (including phenoxy) is 1. The number of carboxylic acids is 1. The van der Waals surface area contributed by atoms with Crippen LogP contribution in [0.15, 0.2) is 40.7 Å². The molecule has 1 aliphatic rings. The second-order valence-electron chi connectivity index (χ2n) is 8.95. The molecule has 1 aromatic heterocycles. The van der Waals surface area contributed by atoms with Crippen LogP contribution < -0.4 is 10.1 Å². The average molecular weight is 492 g/mol. The van der Waals surface area contributed by atoms with Crippen LogP contribution in [0.2, 0.25) is 0 Å². The van der Waals surface area contributed by atoms with Crippen molar-refractivity contribution in [2.24, 2.45) is 5.92 Å². The first-order chi connectivity index (χ1) is 15.7. The lowest BCUT2D eigenvalue weighted by molar-refractivity contribution is -0.138. The molecule has 7 nitrogen and oxygen atoms in total. The largest absolute Gasteiger partial charge is 0.494 e. The maximum Gasteiger partial charge on any atom is 0.323 e. The molecule has 33 heavy (non-hydrogen) atoms. The zero-order chi connectivity index (χ0) is 23.8. The molecule has 1 saturated carbocycles. The third-order valence-electron chi connectivity index (χ3n) is 5.81. The van der Waals surface area contributed by atoms with Gasteiger partial charge in [-0.15, -0.1) is 0 Å². The van der Waals surface area contributed by atoms with Crippen LogP contribution >= 0.6 is 23.1 Å². The molecule has 3 rings (SSSR count). The van der Waals surface area contributed by atoms with E-state index in [4.69, 9.17) is 4.74 Å². The van der Waals surface area contributed by atoms with Crippen LogP contribution in [0.5, 0.6) is 5.75 Å². The number of carbonyl (C=O) groups is 2. The fraction of sp³-hybridized carbons (Fsp3) is 0.542. The number of nitrogens with one attached hydrogen (secondary N) is 1. The van der Waals surface area contributed by atoms with Gasteiger partial charge in [-0.25, -0.2) is 9.78 Å². The van der Waals surface area contributed by atoms with Gasteiger partial charge in [-0.3, -0.25) is 10.1 Å². The number of aliphatic carboxylic acids is 1. The van der Waals surface area contributed by atoms with Crippen molar-refractivity contribution in [3.8, 4) is 5.75 Å². The zero-order valence-electron chi connectivity index (χ0n) is 19.5. The van der Waals surface area contributed by atoms with Gasteiger partial charge >= 0.3 is 12.0 Å². The fourth-order valence-corrected chi connectivity index (χ4v) is 6.03. The SMILES string of the molecule is CC1CCC(N(CCCOc2ccccc2)C(=O)Nc2ncc(SC(C)(C)C(=O)O)s2)CC1. The van der Waals surface area contributed by atoms with Crippen LogP contribution in [0.25, 0.3) is 0 Å². The summed E-state index contributed by atoms with van der Waals surface area (Å²) in [6, 6.07) is 9.74. The second-order valence-corrected chi connectivity index (χ2v) is 11.9. The molecule has 9 heteroatoms. The molecule has 1 aromatic carbocycles. The highest BCUT2D eigenvalue weighted by Crippen LogP contribution is 2.37. The summed E-state index contributed by atoms with van der Waals surface area (Å²) >= 11 is 2.53. The van der Waals surface area contributed by atoms with E-state index in [1.54, 1.807) is 20.0 Å². The number of benzene rings is 1. The van der Waals surface area contributed by atoms with E-state index in [9.17, 15) is 14.7 Å². The van der Waals surface area contributed by atoms with Crippen molar-refractivity contribution in [2.75, 3.05) is 18.5 Å². The molecule has 0 saturated heterocycles. The minimum atomic E-state index is -0.961. The number of rotatable bonds is 10. The van der Waals surface area contributed by atoms with Gasteiger partial charge in [0.25, 0.3) is 0 Å². The molecule has 1 fully saturated rings. The van der Waals surface area contributed by atoms with E-state index in [2.05, 4.69) is 17.2 Å². The van der Waals surface area contributed by atoms with E-state index in [0.29, 0.717) is 24.2 Å². The Labute approximate surface area is 203 Å². The Hall–Kier alpha value is -2.26. The molecule has 0 spiro atoms. The summed E-state index contributed by atoms with van der Waals surface area (Å²) in [4.78, 5) is 30.8. The summed E-state index contributed by atoms with van der Waals surface area (Å²) < 4.78 is 5.60. The predicted molar refractivity (Wildman–Crippen MR) is 133 cm³/mol. The van der Waals surface area contributed by atoms with E-state index in [1.165, 1.54) is 23.1 Å². The fourth-order valence-electron chi connectivity index (χ4n) is 3.77. The van der Waals surface area contributed by atoms with E-state index in [0.717, 1.165) is 42.1 Å². The molecule has 2 N–H and O–H groups in total. The van der Waals surface area contributed by atoms with Crippen LogP contribution in [-0.2, 0) is 4.79 Å². The first-order valence-electron chi connectivity index (χ1n) is 11.4. The van der Waals surface area contributed by atoms with Crippen LogP contribution in [0, 0.1) is 5.92 Å². The van der Waals surface area contributed by atoms with E-state index >= 15 is 0 Å². The number of urea groups is 1. The number of para-hydroxylation sites is 1. The second kappa shape index (κ2) is 11.7. The highest BCUT2D eigenvalue weighted by atomic mass is 32.2. The molecule has 0 aliphatic heterocycles. The van der Waals surface area contributed by atoms with Crippen molar-refractivity contribution < 1.29 is 19.4 Å². The van der Waals surface area contributed by atoms with Crippen molar-refractivity contribution in [3.05, 3.63) is 36.5 Å². The number of nitrogens with zero attached hydrogens (tertiary/aromatic N) is 2. The molecular formula is C24H33N3O4S2. The molecule has 0 atom stereocenters. The Kier molecular flexibility index (Phi) is 9.02. The summed E-state index contributed by atoms with van der Waals surface area (Å²) in [6.07, 6.45) is 6.60. The zero-order valence-corrected chi connectivity index (χ0v) is 21.1. The third kappa shape index (κ3) is 7.64. The summed E-state index contributed by atoms with van der Waals surface area (Å²) in [5.74, 6) is 0.641. The molecule has 2 aromatic rings. The number of hydrogen-bond donors (Lipinski definition) is 2. The lowest BCUT2D eigenvalue weighted by Gasteiger charge is -2.36. The van der Waals surface area contributed by atoms with Crippen LogP contribution in [0.4, 0.5) is 9.93 Å². The standard InChI is InChI=1S/C24H33N3O4S2/c1-17-10-12-18(13-11-17)27(14-7-15-31-19-8-5-4-6-9-19)23(30)26-22-25-16-20(32-22)33-24(2,3)21(28)29/h4-6,8-9,16-18H,7,10-15H2,1-3H3,(H,28,29)(H,25,26,30). The van der Waals surface area contributed by atoms with Gasteiger partial charge in [0.05, 0.1) is 17.0 Å². The number of hydrogen-bond acceptors (Lipinski definition) is 6. The van der Waals surface area contributed by atoms with Crippen molar-refractivity contribution in [1.29, 1.82) is 0 Å². The molecule has 0 bridgehead atoms. The maximum absolute atomic E-state index is 13.2. The lowest BCUT2D eigenvalue weighted by Crippen LogP contribution is -2.45. The van der Waals surface area contributed by atoms with Gasteiger partial charge in [0, 0.05) is 12.6 Å². The van der Waals surface area contributed by atoms with Crippen molar-refractivity contribution in [1.82, 2.24) is 9.88 Å². The smallest absolute Gasteiger partial charge is 0.323 e. The summed E-state index contributed by atoms with van der Waals surface area (Å²) in [6.45, 7) is 6.72. The van der Waals surface area contributed by atoms with Crippen LogP contribution in [0.3, 0.4) is 0 Å². The normalized spacial score (nSPS) is 18.5. The quantitative estimate of drug-likeness (QED) is 0.314. The van der Waals surface area contributed by atoms with Crippen LogP contribution in [-0.4, -0.2) is 50.9 Å². The van der Waals surface area contributed by atoms with Crippen molar-refractivity contribution >= 4 is 40.2 Å². The average Bonchev–Trinajstić information content (AvgIpc) is 3.21. The minimum Gasteiger partial charge on any atom is -0.494 e. The number of amides is 2. The minimum absolute atomic E-state index is 0.155. The summed E-state index contributed by atoms with van der Waals surface area (Å²) in [5, 5.41) is 12.8. The Balaban J connectivity index is 1.59. The summed E-state index contributed by atoms with van der Waals surface area (Å²) in [5.41, 5.74) is 0. The van der Waals surface area contributed by atoms with Gasteiger partial charge < -0.3 is 14.7 Å². The highest BCUT2D eigenvalue weighted by Gasteiger charge is 2.30. The van der Waals surface area contributed by atoms with Gasteiger partial charge in [-0.05, 0) is 64.0 Å². The maximum atomic E-state index is 13.2. The number of aromatic nitrogens is 1. The monoisotopic (exact) mass is 491 g/mol. The van der Waals surface area contributed by atoms with E-state index < -0.39 is 10.7 Å². The van der Waals surface area contributed by atoms with Gasteiger partial charge in [-0.1, -0.05) is 48.2 Å². The number of carbonyl (C=O) groups excluding carboxylic acids is 1. The third-order valence-corrected chi connectivity index (χ3v) is 8.01. The topological polar surface area (TPSA) is 91.8 Å². The first kappa shape index (κ1) is 25.4. The molecule has 1 aliphatic carbocycles. The molecular weight excluding hydrogens is 458 g/mol. The van der Waals surface area contributed by atoms with Gasteiger partial charge in [-0.2, -0.15) is 0 Å². The lowest BCUT2D eigenvalue weighted by atomic mass is 9.86. The van der Waals surface area contributed by atoms with E-state index in [-0.39, 0.29) is 12.1 Å². The number of carboxylic acid groups (broad SMARTS) is 1. The number of anilines is 1. The Bertz CT molecular complexity index is 911. The van der Waals surface area contributed by atoms with Gasteiger partial charge in [0.2, 0.25) is 0 Å². The predicted octanol–water partition coefficient (Wildman–Crippen LogP) is 5.98. The first-order valence-corrected chi connectivity index (χ1v) is 13.0. The van der Waals surface area contributed by atoms with Gasteiger partial charge in [0.15, 0.2) is 5.13 Å². The van der Waals surface area contributed by atoms with Gasteiger partial charge in [0.1, 0.15) is 10.5 Å². The number of thioether (sulfide) groups is 1.